The third-order valence-corrected chi connectivity index (χ3v) is 3.11. The molecular formula is C12H15F3N2OS. The summed E-state index contributed by atoms with van der Waals surface area (Å²) in [6, 6.07) is 5.05. The number of carbonyl (C=O) groups excluding carboxylic acids is 1. The minimum absolute atomic E-state index is 0.0490. The van der Waals surface area contributed by atoms with E-state index >= 15 is 0 Å². The Bertz CT molecular complexity index is 437. The highest BCUT2D eigenvalue weighted by Gasteiger charge is 2.30. The second-order valence-corrected chi connectivity index (χ2v) is 5.04. The number of amides is 1. The highest BCUT2D eigenvalue weighted by molar-refractivity contribution is 8.00. The number of hydrogen-bond donors (Lipinski definition) is 2. The molecule has 0 saturated heterocycles. The maximum atomic E-state index is 12.4. The first kappa shape index (κ1) is 15.8. The van der Waals surface area contributed by atoms with Crippen molar-refractivity contribution in [3.8, 4) is 0 Å². The van der Waals surface area contributed by atoms with Gasteiger partial charge in [0.25, 0.3) is 0 Å². The van der Waals surface area contributed by atoms with E-state index in [1.165, 1.54) is 18.2 Å². The molecule has 7 heteroatoms. The molecule has 3 nitrogen and oxygen atoms in total. The zero-order chi connectivity index (χ0) is 14.5. The lowest BCUT2D eigenvalue weighted by Crippen LogP contribution is -2.35. The van der Waals surface area contributed by atoms with Crippen LogP contribution in [0.15, 0.2) is 29.2 Å². The van der Waals surface area contributed by atoms with Crippen LogP contribution in [0.25, 0.3) is 0 Å². The van der Waals surface area contributed by atoms with Crippen LogP contribution in [0.3, 0.4) is 0 Å². The Morgan fingerprint density at radius 1 is 1.42 bits per heavy atom. The molecule has 0 aliphatic carbocycles. The molecule has 0 spiro atoms. The summed E-state index contributed by atoms with van der Waals surface area (Å²) in [5, 5.41) is 2.43. The van der Waals surface area contributed by atoms with Gasteiger partial charge in [-0.25, -0.2) is 0 Å². The lowest BCUT2D eigenvalue weighted by Gasteiger charge is -2.14. The Morgan fingerprint density at radius 3 is 2.63 bits per heavy atom. The molecule has 0 saturated carbocycles. The van der Waals surface area contributed by atoms with Crippen molar-refractivity contribution in [1.29, 1.82) is 0 Å². The predicted molar refractivity (Wildman–Crippen MR) is 69.9 cm³/mol. The second-order valence-electron chi connectivity index (χ2n) is 3.93. The third kappa shape index (κ3) is 5.52. The summed E-state index contributed by atoms with van der Waals surface area (Å²) in [6.45, 7) is 1.88. The Labute approximate surface area is 113 Å². The minimum atomic E-state index is -4.40. The van der Waals surface area contributed by atoms with Crippen LogP contribution >= 0.6 is 11.8 Å². The average molecular weight is 292 g/mol. The molecule has 19 heavy (non-hydrogen) atoms. The lowest BCUT2D eigenvalue weighted by atomic mass is 10.1. The number of halogens is 3. The van der Waals surface area contributed by atoms with Crippen LogP contribution < -0.4 is 11.1 Å². The molecule has 1 amide bonds. The highest BCUT2D eigenvalue weighted by Crippen LogP contribution is 2.40. The fourth-order valence-electron chi connectivity index (χ4n) is 1.45. The number of nitrogens with one attached hydrogen (secondary N) is 1. The molecule has 106 valence electrons. The number of alkyl halides is 3. The zero-order valence-electron chi connectivity index (χ0n) is 10.3. The molecular weight excluding hydrogens is 277 g/mol. The molecule has 1 rings (SSSR count). The van der Waals surface area contributed by atoms with Crippen molar-refractivity contribution in [2.45, 2.75) is 36.2 Å². The van der Waals surface area contributed by atoms with E-state index in [2.05, 4.69) is 5.32 Å². The van der Waals surface area contributed by atoms with Crippen LogP contribution in [-0.4, -0.2) is 17.5 Å². The van der Waals surface area contributed by atoms with Crippen molar-refractivity contribution in [2.75, 3.05) is 5.32 Å². The van der Waals surface area contributed by atoms with Crippen LogP contribution in [0, 0.1) is 0 Å². The molecule has 0 aliphatic heterocycles. The van der Waals surface area contributed by atoms with Gasteiger partial charge in [0, 0.05) is 4.90 Å². The standard InChI is InChI=1S/C12H15F3N2OS/c1-2-5-8(16)11(18)17-9-6-3-4-7-10(9)19-12(13,14)15/h3-4,6-8H,2,5,16H2,1H3,(H,17,18)/t8-/m1/s1. The summed E-state index contributed by atoms with van der Waals surface area (Å²) in [5.74, 6) is -0.475. The second kappa shape index (κ2) is 6.81. The van der Waals surface area contributed by atoms with Crippen molar-refractivity contribution >= 4 is 23.4 Å². The number of carbonyl (C=O) groups is 1. The SMILES string of the molecule is CCC[C@@H](N)C(=O)Nc1ccccc1SC(F)(F)F. The van der Waals surface area contributed by atoms with Crippen LogP contribution in [0.4, 0.5) is 18.9 Å². The molecule has 0 bridgehead atoms. The van der Waals surface area contributed by atoms with E-state index in [-0.39, 0.29) is 22.3 Å². The maximum absolute atomic E-state index is 12.4. The smallest absolute Gasteiger partial charge is 0.324 e. The molecule has 0 aliphatic rings. The van der Waals surface area contributed by atoms with Gasteiger partial charge in [0.05, 0.1) is 11.7 Å². The van der Waals surface area contributed by atoms with Crippen molar-refractivity contribution in [3.05, 3.63) is 24.3 Å². The average Bonchev–Trinajstić information content (AvgIpc) is 2.30. The number of thioether (sulfide) groups is 1. The normalized spacial score (nSPS) is 13.1. The van der Waals surface area contributed by atoms with E-state index in [1.807, 2.05) is 6.92 Å². The molecule has 0 aromatic heterocycles. The van der Waals surface area contributed by atoms with Crippen LogP contribution in [0.5, 0.6) is 0 Å². The number of rotatable bonds is 5. The van der Waals surface area contributed by atoms with Gasteiger partial charge < -0.3 is 11.1 Å². The predicted octanol–water partition coefficient (Wildman–Crippen LogP) is 3.36. The molecule has 0 heterocycles. The van der Waals surface area contributed by atoms with Crippen molar-refractivity contribution < 1.29 is 18.0 Å². The quantitative estimate of drug-likeness (QED) is 0.818. The first-order valence-electron chi connectivity index (χ1n) is 5.74. The highest BCUT2D eigenvalue weighted by atomic mass is 32.2. The van der Waals surface area contributed by atoms with Gasteiger partial charge in [0.15, 0.2) is 0 Å². The van der Waals surface area contributed by atoms with E-state index in [0.717, 1.165) is 6.42 Å². The van der Waals surface area contributed by atoms with Gasteiger partial charge >= 0.3 is 5.51 Å². The van der Waals surface area contributed by atoms with E-state index < -0.39 is 17.5 Å². The van der Waals surface area contributed by atoms with Gasteiger partial charge in [-0.05, 0) is 30.3 Å². The molecule has 0 unspecified atom stereocenters. The number of hydrogen-bond acceptors (Lipinski definition) is 3. The van der Waals surface area contributed by atoms with Crippen LogP contribution in [0.1, 0.15) is 19.8 Å². The minimum Gasteiger partial charge on any atom is -0.324 e. The fourth-order valence-corrected chi connectivity index (χ4v) is 2.08. The van der Waals surface area contributed by atoms with E-state index in [9.17, 15) is 18.0 Å². The van der Waals surface area contributed by atoms with Gasteiger partial charge in [-0.3, -0.25) is 4.79 Å². The molecule has 0 fully saturated rings. The topological polar surface area (TPSA) is 55.1 Å². The van der Waals surface area contributed by atoms with E-state index in [4.69, 9.17) is 5.73 Å². The molecule has 1 aromatic rings. The Hall–Kier alpha value is -1.21. The first-order valence-corrected chi connectivity index (χ1v) is 6.56. The summed E-state index contributed by atoms with van der Waals surface area (Å²) in [6.07, 6.45) is 1.22. The Morgan fingerprint density at radius 2 is 2.05 bits per heavy atom. The molecule has 1 atom stereocenters. The fraction of sp³-hybridized carbons (Fsp3) is 0.417. The van der Waals surface area contributed by atoms with Gasteiger partial charge in [0.2, 0.25) is 5.91 Å². The van der Waals surface area contributed by atoms with Gasteiger partial charge in [0.1, 0.15) is 0 Å². The lowest BCUT2D eigenvalue weighted by molar-refractivity contribution is -0.117. The number of nitrogens with two attached hydrogens (primary N) is 1. The first-order chi connectivity index (χ1) is 8.83. The van der Waals surface area contributed by atoms with Crippen molar-refractivity contribution in [2.24, 2.45) is 5.73 Å². The largest absolute Gasteiger partial charge is 0.446 e. The third-order valence-electron chi connectivity index (χ3n) is 2.31. The maximum Gasteiger partial charge on any atom is 0.446 e. The van der Waals surface area contributed by atoms with Gasteiger partial charge in [-0.15, -0.1) is 0 Å². The summed E-state index contributed by atoms with van der Waals surface area (Å²) < 4.78 is 37.1. The zero-order valence-corrected chi connectivity index (χ0v) is 11.1. The monoisotopic (exact) mass is 292 g/mol. The van der Waals surface area contributed by atoms with Gasteiger partial charge in [-0.1, -0.05) is 25.5 Å². The summed E-state index contributed by atoms with van der Waals surface area (Å²) in [5.41, 5.74) is 1.34. The molecule has 1 aromatic carbocycles. The summed E-state index contributed by atoms with van der Waals surface area (Å²) in [7, 11) is 0. The molecule has 0 radical (unpaired) electrons. The Balaban J connectivity index is 2.81. The number of benzene rings is 1. The number of para-hydroxylation sites is 1. The Kier molecular flexibility index (Phi) is 5.68. The number of anilines is 1. The molecule has 3 N–H and O–H groups in total. The summed E-state index contributed by atoms with van der Waals surface area (Å²) >= 11 is -0.261. The summed E-state index contributed by atoms with van der Waals surface area (Å²) in [4.78, 5) is 11.6. The van der Waals surface area contributed by atoms with E-state index in [1.54, 1.807) is 6.07 Å². The van der Waals surface area contributed by atoms with Crippen molar-refractivity contribution in [1.82, 2.24) is 0 Å². The van der Waals surface area contributed by atoms with Crippen molar-refractivity contribution in [3.63, 3.8) is 0 Å². The van der Waals surface area contributed by atoms with Gasteiger partial charge in [-0.2, -0.15) is 13.2 Å². The van der Waals surface area contributed by atoms with Crippen LogP contribution in [-0.2, 0) is 4.79 Å². The van der Waals surface area contributed by atoms with Crippen LogP contribution in [0.2, 0.25) is 0 Å². The van der Waals surface area contributed by atoms with E-state index in [0.29, 0.717) is 6.42 Å².